The maximum absolute atomic E-state index is 13.0. The second kappa shape index (κ2) is 7.06. The van der Waals surface area contributed by atoms with Gasteiger partial charge in [0.05, 0.1) is 0 Å². The molecule has 1 atom stereocenters. The van der Waals surface area contributed by atoms with Crippen molar-refractivity contribution in [3.05, 3.63) is 65.5 Å². The largest absolute Gasteiger partial charge is 0.508 e. The Morgan fingerprint density at radius 2 is 1.85 bits per heavy atom. The predicted octanol–water partition coefficient (Wildman–Crippen LogP) is 3.64. The molecular weight excluding hydrogens is 253 g/mol. The summed E-state index contributed by atoms with van der Waals surface area (Å²) in [5, 5.41) is 12.6. The molecule has 0 saturated carbocycles. The summed E-state index contributed by atoms with van der Waals surface area (Å²) in [6, 6.07) is 14.3. The molecule has 0 bridgehead atoms. The van der Waals surface area contributed by atoms with E-state index in [0.717, 1.165) is 18.4 Å². The van der Waals surface area contributed by atoms with Crippen molar-refractivity contribution in [2.24, 2.45) is 0 Å². The van der Waals surface area contributed by atoms with E-state index in [0.29, 0.717) is 18.3 Å². The number of aryl methyl sites for hydroxylation is 1. The van der Waals surface area contributed by atoms with Crippen molar-refractivity contribution in [3.8, 4) is 5.75 Å². The highest BCUT2D eigenvalue weighted by molar-refractivity contribution is 5.26. The molecule has 2 aromatic carbocycles. The monoisotopic (exact) mass is 273 g/mol. The minimum absolute atomic E-state index is 0.193. The fraction of sp³-hybridized carbons (Fsp3) is 0.294. The van der Waals surface area contributed by atoms with Gasteiger partial charge in [0.25, 0.3) is 0 Å². The Balaban J connectivity index is 1.75. The van der Waals surface area contributed by atoms with Gasteiger partial charge in [-0.15, -0.1) is 0 Å². The number of benzene rings is 2. The van der Waals surface area contributed by atoms with Gasteiger partial charge >= 0.3 is 0 Å². The van der Waals surface area contributed by atoms with Crippen LogP contribution in [0.1, 0.15) is 24.5 Å². The van der Waals surface area contributed by atoms with Gasteiger partial charge in [0, 0.05) is 12.6 Å². The molecule has 2 nitrogen and oxygen atoms in total. The molecule has 20 heavy (non-hydrogen) atoms. The second-order valence-electron chi connectivity index (χ2n) is 5.12. The zero-order chi connectivity index (χ0) is 14.4. The number of hydrogen-bond acceptors (Lipinski definition) is 2. The Morgan fingerprint density at radius 3 is 2.55 bits per heavy atom. The van der Waals surface area contributed by atoms with Crippen LogP contribution in [0.25, 0.3) is 0 Å². The quantitative estimate of drug-likeness (QED) is 0.842. The molecule has 0 aliphatic carbocycles. The average Bonchev–Trinajstić information content (AvgIpc) is 2.45. The third-order valence-electron chi connectivity index (χ3n) is 3.35. The third kappa shape index (κ3) is 4.67. The molecule has 2 aromatic rings. The van der Waals surface area contributed by atoms with Crippen LogP contribution in [-0.2, 0) is 13.0 Å². The van der Waals surface area contributed by atoms with Crippen molar-refractivity contribution >= 4 is 0 Å². The van der Waals surface area contributed by atoms with Crippen LogP contribution in [0.3, 0.4) is 0 Å². The minimum Gasteiger partial charge on any atom is -0.508 e. The van der Waals surface area contributed by atoms with Gasteiger partial charge < -0.3 is 10.4 Å². The zero-order valence-electron chi connectivity index (χ0n) is 11.6. The van der Waals surface area contributed by atoms with Gasteiger partial charge in [0.1, 0.15) is 11.6 Å². The van der Waals surface area contributed by atoms with E-state index < -0.39 is 0 Å². The summed E-state index contributed by atoms with van der Waals surface area (Å²) in [5.74, 6) is 0.104. The first-order valence-electron chi connectivity index (χ1n) is 6.89. The Morgan fingerprint density at radius 1 is 1.10 bits per heavy atom. The number of aromatic hydroxyl groups is 1. The van der Waals surface area contributed by atoms with Crippen LogP contribution in [0.4, 0.5) is 4.39 Å². The van der Waals surface area contributed by atoms with Gasteiger partial charge in [0.2, 0.25) is 0 Å². The van der Waals surface area contributed by atoms with Gasteiger partial charge in [0.15, 0.2) is 0 Å². The number of phenols is 1. The summed E-state index contributed by atoms with van der Waals surface area (Å²) in [4.78, 5) is 0. The SMILES string of the molecule is CC(CCc1ccc(O)cc1)NCc1cccc(F)c1. The summed E-state index contributed by atoms with van der Waals surface area (Å²) < 4.78 is 13.0. The van der Waals surface area contributed by atoms with Gasteiger partial charge in [-0.3, -0.25) is 0 Å². The molecule has 0 saturated heterocycles. The van der Waals surface area contributed by atoms with E-state index >= 15 is 0 Å². The second-order valence-corrected chi connectivity index (χ2v) is 5.12. The maximum atomic E-state index is 13.0. The Hall–Kier alpha value is -1.87. The molecule has 106 valence electrons. The summed E-state index contributed by atoms with van der Waals surface area (Å²) in [7, 11) is 0. The number of hydrogen-bond donors (Lipinski definition) is 2. The lowest BCUT2D eigenvalue weighted by molar-refractivity contribution is 0.474. The van der Waals surface area contributed by atoms with Crippen molar-refractivity contribution in [1.82, 2.24) is 5.32 Å². The highest BCUT2D eigenvalue weighted by atomic mass is 19.1. The summed E-state index contributed by atoms with van der Waals surface area (Å²) >= 11 is 0. The van der Waals surface area contributed by atoms with Crippen LogP contribution in [0, 0.1) is 5.82 Å². The van der Waals surface area contributed by atoms with Crippen LogP contribution < -0.4 is 5.32 Å². The van der Waals surface area contributed by atoms with Crippen LogP contribution >= 0.6 is 0 Å². The zero-order valence-corrected chi connectivity index (χ0v) is 11.6. The molecule has 0 aliphatic rings. The molecule has 0 radical (unpaired) electrons. The van der Waals surface area contributed by atoms with Crippen molar-refractivity contribution in [2.45, 2.75) is 32.4 Å². The highest BCUT2D eigenvalue weighted by Gasteiger charge is 2.03. The minimum atomic E-state index is -0.193. The Bertz CT molecular complexity index is 539. The van der Waals surface area contributed by atoms with Crippen LogP contribution in [0.2, 0.25) is 0 Å². The molecule has 1 unspecified atom stereocenters. The molecule has 0 amide bonds. The van der Waals surface area contributed by atoms with E-state index in [1.165, 1.54) is 11.6 Å². The summed E-state index contributed by atoms with van der Waals surface area (Å²) in [5.41, 5.74) is 2.17. The van der Waals surface area contributed by atoms with E-state index in [9.17, 15) is 9.50 Å². The fourth-order valence-electron chi connectivity index (χ4n) is 2.09. The standard InChI is InChI=1S/C17H20FNO/c1-13(5-6-14-7-9-17(20)10-8-14)19-12-15-3-2-4-16(18)11-15/h2-4,7-11,13,19-20H,5-6,12H2,1H3. The third-order valence-corrected chi connectivity index (χ3v) is 3.35. The Kier molecular flexibility index (Phi) is 5.13. The topological polar surface area (TPSA) is 32.3 Å². The molecule has 0 fully saturated rings. The predicted molar refractivity (Wildman–Crippen MR) is 79.1 cm³/mol. The first kappa shape index (κ1) is 14.5. The van der Waals surface area contributed by atoms with Gasteiger partial charge in [-0.05, 0) is 55.2 Å². The number of phenolic OH excluding ortho intramolecular Hbond substituents is 1. The average molecular weight is 273 g/mol. The van der Waals surface area contributed by atoms with Gasteiger partial charge in [-0.25, -0.2) is 4.39 Å². The van der Waals surface area contributed by atoms with E-state index in [1.807, 2.05) is 18.2 Å². The lowest BCUT2D eigenvalue weighted by Crippen LogP contribution is -2.26. The molecule has 2 N–H and O–H groups in total. The summed E-state index contributed by atoms with van der Waals surface area (Å²) in [6.07, 6.45) is 1.96. The van der Waals surface area contributed by atoms with Gasteiger partial charge in [-0.2, -0.15) is 0 Å². The molecule has 2 rings (SSSR count). The van der Waals surface area contributed by atoms with E-state index in [-0.39, 0.29) is 5.82 Å². The molecule has 0 heterocycles. The highest BCUT2D eigenvalue weighted by Crippen LogP contribution is 2.12. The van der Waals surface area contributed by atoms with Crippen LogP contribution in [-0.4, -0.2) is 11.1 Å². The number of halogens is 1. The van der Waals surface area contributed by atoms with Gasteiger partial charge in [-0.1, -0.05) is 24.3 Å². The van der Waals surface area contributed by atoms with Crippen molar-refractivity contribution in [1.29, 1.82) is 0 Å². The maximum Gasteiger partial charge on any atom is 0.123 e. The van der Waals surface area contributed by atoms with E-state index in [2.05, 4.69) is 12.2 Å². The van der Waals surface area contributed by atoms with E-state index in [1.54, 1.807) is 24.3 Å². The first-order chi connectivity index (χ1) is 9.63. The number of nitrogens with one attached hydrogen (secondary N) is 1. The van der Waals surface area contributed by atoms with Crippen LogP contribution in [0.15, 0.2) is 48.5 Å². The normalized spacial score (nSPS) is 12.3. The van der Waals surface area contributed by atoms with E-state index in [4.69, 9.17) is 0 Å². The smallest absolute Gasteiger partial charge is 0.123 e. The first-order valence-corrected chi connectivity index (χ1v) is 6.89. The van der Waals surface area contributed by atoms with Crippen LogP contribution in [0.5, 0.6) is 5.75 Å². The van der Waals surface area contributed by atoms with Crippen molar-refractivity contribution in [3.63, 3.8) is 0 Å². The molecule has 0 aromatic heterocycles. The lowest BCUT2D eigenvalue weighted by Gasteiger charge is -2.14. The Labute approximate surface area is 119 Å². The van der Waals surface area contributed by atoms with Crippen molar-refractivity contribution < 1.29 is 9.50 Å². The molecule has 3 heteroatoms. The fourth-order valence-corrected chi connectivity index (χ4v) is 2.09. The summed E-state index contributed by atoms with van der Waals surface area (Å²) in [6.45, 7) is 2.80. The lowest BCUT2D eigenvalue weighted by atomic mass is 10.1. The number of rotatable bonds is 6. The molecular formula is C17H20FNO. The molecule has 0 aliphatic heterocycles. The van der Waals surface area contributed by atoms with Crippen molar-refractivity contribution in [2.75, 3.05) is 0 Å². The molecule has 0 spiro atoms.